The summed E-state index contributed by atoms with van der Waals surface area (Å²) in [5.41, 5.74) is 5.30. The van der Waals surface area contributed by atoms with Gasteiger partial charge in [-0.2, -0.15) is 5.26 Å². The van der Waals surface area contributed by atoms with Crippen molar-refractivity contribution in [1.29, 1.82) is 5.26 Å². The maximum absolute atomic E-state index is 13.6. The number of phenols is 2. The van der Waals surface area contributed by atoms with Crippen molar-refractivity contribution in [1.82, 2.24) is 20.4 Å². The molecule has 49 heavy (non-hydrogen) atoms. The van der Waals surface area contributed by atoms with Crippen LogP contribution in [0.5, 0.6) is 28.7 Å². The molecule has 0 radical (unpaired) electrons. The molecule has 0 saturated carbocycles. The standard InChI is InChI=1S/C36H40N6O6S/c1-17-11-20-12-23-25(14-37)42-24(29(41(23)4)27(20)31(44)32(17)46-5)13-22-28(34-33(47-16-48-34)18(2)30(22)43)26(42)15-38-35(45)19(3)39-36(49)40-21-9-7-6-8-10-21/h6-11,19,23-26,29,43-44H,12-13,15-16H2,1-5H3,(H,38,45)(H2,39,40,49)/t19?,23-,24?,25-,26-,29-/m0/s1. The number of likely N-dealkylation sites (N-methyl/N-ethyl adjacent to an activating group) is 1. The number of nitrogens with zero attached hydrogens (tertiary/aromatic N) is 3. The molecule has 13 heteroatoms. The number of methoxy groups -OCH3 is 1. The fourth-order valence-corrected chi connectivity index (χ4v) is 8.64. The molecule has 4 aliphatic heterocycles. The van der Waals surface area contributed by atoms with Gasteiger partial charge in [0.1, 0.15) is 17.8 Å². The minimum absolute atomic E-state index is 0.00253. The van der Waals surface area contributed by atoms with Gasteiger partial charge in [-0.3, -0.25) is 14.6 Å². The molecule has 0 aliphatic carbocycles. The molecule has 5 N–H and O–H groups in total. The predicted molar refractivity (Wildman–Crippen MR) is 186 cm³/mol. The van der Waals surface area contributed by atoms with Crippen molar-refractivity contribution in [2.24, 2.45) is 0 Å². The van der Waals surface area contributed by atoms with Gasteiger partial charge in [0.05, 0.1) is 25.3 Å². The zero-order valence-corrected chi connectivity index (χ0v) is 28.9. The number of phenolic OH excluding ortho intramolecular Hbond substituents is 2. The number of amides is 1. The van der Waals surface area contributed by atoms with Gasteiger partial charge in [-0.25, -0.2) is 0 Å². The second-order valence-electron chi connectivity index (χ2n) is 13.2. The highest BCUT2D eigenvalue weighted by Gasteiger charge is 2.56. The number of anilines is 1. The lowest BCUT2D eigenvalue weighted by molar-refractivity contribution is -0.123. The van der Waals surface area contributed by atoms with Crippen LogP contribution in [0.1, 0.15) is 52.4 Å². The normalized spacial score (nSPS) is 24.0. The van der Waals surface area contributed by atoms with Gasteiger partial charge in [0.15, 0.2) is 28.1 Å². The summed E-state index contributed by atoms with van der Waals surface area (Å²) in [4.78, 5) is 17.9. The number of para-hydroxylation sites is 1. The number of rotatable bonds is 6. The van der Waals surface area contributed by atoms with Crippen molar-refractivity contribution in [3.8, 4) is 34.8 Å². The minimum atomic E-state index is -0.683. The topological polar surface area (TPSA) is 152 Å². The summed E-state index contributed by atoms with van der Waals surface area (Å²) in [5.74, 6) is 1.29. The van der Waals surface area contributed by atoms with Crippen LogP contribution < -0.4 is 30.2 Å². The molecular formula is C36H40N6O6S. The Morgan fingerprint density at radius 2 is 1.86 bits per heavy atom. The van der Waals surface area contributed by atoms with E-state index in [9.17, 15) is 20.3 Å². The van der Waals surface area contributed by atoms with Crippen LogP contribution in [-0.2, 0) is 17.6 Å². The summed E-state index contributed by atoms with van der Waals surface area (Å²) in [7, 11) is 3.53. The number of ether oxygens (including phenoxy) is 3. The van der Waals surface area contributed by atoms with E-state index in [-0.39, 0.29) is 48.9 Å². The van der Waals surface area contributed by atoms with E-state index in [0.29, 0.717) is 51.9 Å². The zero-order chi connectivity index (χ0) is 34.7. The van der Waals surface area contributed by atoms with Crippen molar-refractivity contribution in [2.75, 3.05) is 32.8 Å². The number of carbonyl (C=O) groups excluding carboxylic acids is 1. The summed E-state index contributed by atoms with van der Waals surface area (Å²) >= 11 is 5.47. The van der Waals surface area contributed by atoms with Crippen molar-refractivity contribution in [3.05, 3.63) is 69.8 Å². The number of carbonyl (C=O) groups is 1. The third-order valence-corrected chi connectivity index (χ3v) is 10.8. The largest absolute Gasteiger partial charge is 0.507 e. The number of benzene rings is 3. The van der Waals surface area contributed by atoms with Gasteiger partial charge in [0, 0.05) is 46.6 Å². The van der Waals surface area contributed by atoms with Crippen LogP contribution in [0.3, 0.4) is 0 Å². The molecule has 7 rings (SSSR count). The number of piperazine rings is 1. The maximum atomic E-state index is 13.6. The van der Waals surface area contributed by atoms with E-state index in [0.717, 1.165) is 22.4 Å². The van der Waals surface area contributed by atoms with Crippen LogP contribution in [0.15, 0.2) is 36.4 Å². The Morgan fingerprint density at radius 1 is 1.12 bits per heavy atom. The van der Waals surface area contributed by atoms with Crippen molar-refractivity contribution in [2.45, 2.75) is 69.9 Å². The number of nitriles is 1. The molecule has 256 valence electrons. The molecule has 2 unspecified atom stereocenters. The highest BCUT2D eigenvalue weighted by molar-refractivity contribution is 7.80. The predicted octanol–water partition coefficient (Wildman–Crippen LogP) is 3.71. The molecule has 0 spiro atoms. The highest BCUT2D eigenvalue weighted by atomic mass is 32.1. The molecular weight excluding hydrogens is 644 g/mol. The van der Waals surface area contributed by atoms with E-state index in [1.165, 1.54) is 0 Å². The maximum Gasteiger partial charge on any atom is 0.242 e. The lowest BCUT2D eigenvalue weighted by Gasteiger charge is -2.60. The number of hydrogen-bond acceptors (Lipinski definition) is 10. The van der Waals surface area contributed by atoms with Gasteiger partial charge in [-0.05, 0) is 76.1 Å². The SMILES string of the molecule is COc1c(C)cc2c(c1O)[C@@H]1C3Cc4c(O)c(C)c5c(c4[C@H](CNC(=O)C(C)NC(=S)Nc4ccccc4)N3[C@@H](C#N)[C@H](C2)N1C)OCO5. The lowest BCUT2D eigenvalue weighted by Crippen LogP contribution is -2.68. The molecule has 1 fully saturated rings. The third kappa shape index (κ3) is 5.26. The summed E-state index contributed by atoms with van der Waals surface area (Å²) in [6.07, 6.45) is 0.910. The van der Waals surface area contributed by atoms with Crippen molar-refractivity contribution >= 4 is 28.9 Å². The van der Waals surface area contributed by atoms with E-state index in [1.54, 1.807) is 21.0 Å². The molecule has 1 saturated heterocycles. The second-order valence-corrected chi connectivity index (χ2v) is 13.6. The highest BCUT2D eigenvalue weighted by Crippen LogP contribution is 2.58. The van der Waals surface area contributed by atoms with Crippen LogP contribution in [0.4, 0.5) is 5.69 Å². The fourth-order valence-electron chi connectivity index (χ4n) is 8.34. The van der Waals surface area contributed by atoms with Gasteiger partial charge < -0.3 is 40.4 Å². The van der Waals surface area contributed by atoms with E-state index < -0.39 is 18.1 Å². The number of fused-ring (bicyclic) bond motifs is 9. The molecule has 4 aliphatic rings. The summed E-state index contributed by atoms with van der Waals surface area (Å²) in [6, 6.07) is 11.3. The van der Waals surface area contributed by atoms with E-state index in [1.807, 2.05) is 50.4 Å². The van der Waals surface area contributed by atoms with Gasteiger partial charge >= 0.3 is 0 Å². The Balaban J connectivity index is 1.27. The number of thiocarbonyl (C=S) groups is 1. The Kier molecular flexibility index (Phi) is 8.42. The van der Waals surface area contributed by atoms with Crippen molar-refractivity contribution < 1.29 is 29.2 Å². The Hall–Kier alpha value is -4.77. The molecule has 12 nitrogen and oxygen atoms in total. The first-order chi connectivity index (χ1) is 23.5. The van der Waals surface area contributed by atoms with Gasteiger partial charge in [0.2, 0.25) is 12.7 Å². The van der Waals surface area contributed by atoms with Gasteiger partial charge in [-0.1, -0.05) is 24.3 Å². The van der Waals surface area contributed by atoms with Gasteiger partial charge in [-0.15, -0.1) is 0 Å². The molecule has 2 bridgehead atoms. The first kappa shape index (κ1) is 32.8. The van der Waals surface area contributed by atoms with E-state index >= 15 is 0 Å². The third-order valence-electron chi connectivity index (χ3n) is 10.5. The lowest BCUT2D eigenvalue weighted by atomic mass is 9.71. The van der Waals surface area contributed by atoms with Crippen LogP contribution in [0, 0.1) is 25.2 Å². The molecule has 4 heterocycles. The van der Waals surface area contributed by atoms with E-state index in [2.05, 4.69) is 31.8 Å². The average molecular weight is 685 g/mol. The zero-order valence-electron chi connectivity index (χ0n) is 28.0. The van der Waals surface area contributed by atoms with Crippen LogP contribution in [-0.4, -0.2) is 82.7 Å². The van der Waals surface area contributed by atoms with Crippen LogP contribution in [0.2, 0.25) is 0 Å². The number of aryl methyl sites for hydroxylation is 1. The Bertz CT molecular complexity index is 1880. The summed E-state index contributed by atoms with van der Waals surface area (Å²) in [5, 5.41) is 43.7. The molecule has 3 aromatic carbocycles. The molecule has 3 aromatic rings. The van der Waals surface area contributed by atoms with Crippen LogP contribution >= 0.6 is 12.2 Å². The van der Waals surface area contributed by atoms with Crippen molar-refractivity contribution in [3.63, 3.8) is 0 Å². The quantitative estimate of drug-likeness (QED) is 0.241. The Labute approximate surface area is 290 Å². The Morgan fingerprint density at radius 3 is 2.57 bits per heavy atom. The summed E-state index contributed by atoms with van der Waals surface area (Å²) < 4.78 is 17.5. The second kappa shape index (κ2) is 12.6. The summed E-state index contributed by atoms with van der Waals surface area (Å²) in [6.45, 7) is 5.53. The monoisotopic (exact) mass is 684 g/mol. The number of nitrogens with one attached hydrogen (secondary N) is 3. The average Bonchev–Trinajstić information content (AvgIpc) is 3.57. The van der Waals surface area contributed by atoms with E-state index in [4.69, 9.17) is 26.4 Å². The number of hydrogen-bond donors (Lipinski definition) is 5. The molecule has 6 atom stereocenters. The fraction of sp³-hybridized carbons (Fsp3) is 0.417. The minimum Gasteiger partial charge on any atom is -0.507 e. The van der Waals surface area contributed by atoms with Crippen LogP contribution in [0.25, 0.3) is 0 Å². The smallest absolute Gasteiger partial charge is 0.242 e. The first-order valence-corrected chi connectivity index (χ1v) is 16.8. The van der Waals surface area contributed by atoms with Gasteiger partial charge in [0.25, 0.3) is 0 Å². The molecule has 1 amide bonds. The first-order valence-electron chi connectivity index (χ1n) is 16.4. The molecule has 0 aromatic heterocycles. The number of aromatic hydroxyl groups is 2.